The first-order chi connectivity index (χ1) is 10.8. The van der Waals surface area contributed by atoms with Crippen LogP contribution in [-0.4, -0.2) is 44.4 Å². The molecule has 3 N–H and O–H groups in total. The molecule has 22 heavy (non-hydrogen) atoms. The van der Waals surface area contributed by atoms with Crippen LogP contribution < -0.4 is 15.5 Å². The molecule has 2 aliphatic heterocycles. The average molecular weight is 318 g/mol. The maximum absolute atomic E-state index is 8.09. The van der Waals surface area contributed by atoms with Crippen LogP contribution in [0.3, 0.4) is 0 Å². The fourth-order valence-electron chi connectivity index (χ4n) is 2.64. The molecule has 2 aliphatic rings. The summed E-state index contributed by atoms with van der Waals surface area (Å²) < 4.78 is 5.37. The molecule has 0 aromatic heterocycles. The molecule has 0 radical (unpaired) electrons. The van der Waals surface area contributed by atoms with E-state index in [1.165, 1.54) is 10.6 Å². The summed E-state index contributed by atoms with van der Waals surface area (Å²) in [6.07, 6.45) is 4.21. The number of hydrogen-bond donors (Lipinski definition) is 3. The summed E-state index contributed by atoms with van der Waals surface area (Å²) >= 11 is 1.88. The van der Waals surface area contributed by atoms with E-state index in [1.807, 2.05) is 31.0 Å². The van der Waals surface area contributed by atoms with Crippen molar-refractivity contribution in [2.24, 2.45) is 0 Å². The Kier molecular flexibility index (Phi) is 4.90. The largest absolute Gasteiger partial charge is 0.490 e. The van der Waals surface area contributed by atoms with E-state index < -0.39 is 0 Å². The lowest BCUT2D eigenvalue weighted by Gasteiger charge is -2.31. The van der Waals surface area contributed by atoms with Gasteiger partial charge in [-0.15, -0.1) is 11.8 Å². The number of thioether (sulfide) groups is 1. The molecule has 0 spiro atoms. The number of nitrogens with zero attached hydrogens (tertiary/aromatic N) is 1. The van der Waals surface area contributed by atoms with Crippen molar-refractivity contribution in [3.05, 3.63) is 30.5 Å². The Balaban J connectivity index is 1.69. The second-order valence-electron chi connectivity index (χ2n) is 5.39. The topological polar surface area (TPSA) is 60.4 Å². The van der Waals surface area contributed by atoms with E-state index in [1.54, 1.807) is 6.26 Å². The molecule has 0 fully saturated rings. The smallest absolute Gasteiger partial charge is 0.158 e. The van der Waals surface area contributed by atoms with Crippen LogP contribution in [-0.2, 0) is 4.74 Å². The van der Waals surface area contributed by atoms with E-state index in [9.17, 15) is 0 Å². The number of ether oxygens (including phenoxy) is 1. The molecule has 3 rings (SSSR count). The van der Waals surface area contributed by atoms with Crippen LogP contribution in [0.25, 0.3) is 0 Å². The zero-order valence-corrected chi connectivity index (χ0v) is 13.6. The van der Waals surface area contributed by atoms with Crippen molar-refractivity contribution in [2.45, 2.75) is 17.4 Å². The lowest BCUT2D eigenvalue weighted by molar-refractivity contribution is 0.230. The molecule has 1 unspecified atom stereocenters. The van der Waals surface area contributed by atoms with Gasteiger partial charge in [-0.25, -0.2) is 0 Å². The summed E-state index contributed by atoms with van der Waals surface area (Å²) in [5, 5.41) is 14.5. The zero-order chi connectivity index (χ0) is 15.4. The minimum Gasteiger partial charge on any atom is -0.490 e. The predicted molar refractivity (Wildman–Crippen MR) is 93.3 cm³/mol. The molecule has 2 heterocycles. The summed E-state index contributed by atoms with van der Waals surface area (Å²) in [5.74, 6) is 1.52. The fourth-order valence-corrected chi connectivity index (χ4v) is 3.73. The van der Waals surface area contributed by atoms with Crippen molar-refractivity contribution in [1.29, 1.82) is 5.41 Å². The van der Waals surface area contributed by atoms with Crippen LogP contribution in [0.5, 0.6) is 0 Å². The first-order valence-electron chi connectivity index (χ1n) is 7.60. The van der Waals surface area contributed by atoms with Crippen molar-refractivity contribution in [3.8, 4) is 0 Å². The van der Waals surface area contributed by atoms with E-state index in [0.717, 1.165) is 37.5 Å². The lowest BCUT2D eigenvalue weighted by Crippen LogP contribution is -2.34. The minimum atomic E-state index is -0.171. The van der Waals surface area contributed by atoms with Crippen molar-refractivity contribution in [1.82, 2.24) is 5.32 Å². The second kappa shape index (κ2) is 7.07. The maximum Gasteiger partial charge on any atom is 0.158 e. The Morgan fingerprint density at radius 2 is 2.41 bits per heavy atom. The van der Waals surface area contributed by atoms with E-state index in [-0.39, 0.29) is 6.10 Å². The van der Waals surface area contributed by atoms with Gasteiger partial charge in [0, 0.05) is 42.4 Å². The Hall–Kier alpha value is -1.66. The molecule has 0 bridgehead atoms. The van der Waals surface area contributed by atoms with Crippen LogP contribution in [0.2, 0.25) is 0 Å². The quantitative estimate of drug-likeness (QED) is 0.575. The van der Waals surface area contributed by atoms with E-state index in [0.29, 0.717) is 5.84 Å². The summed E-state index contributed by atoms with van der Waals surface area (Å²) in [7, 11) is 1.98. The SMILES string of the molecule is CNCCN1CCSc2cc(NC(=N)C3CC=CO3)ccc21. The Labute approximate surface area is 135 Å². The van der Waals surface area contributed by atoms with Gasteiger partial charge in [-0.2, -0.15) is 0 Å². The number of rotatable bonds is 5. The molecule has 5 nitrogen and oxygen atoms in total. The average Bonchev–Trinajstić information content (AvgIpc) is 3.07. The third-order valence-electron chi connectivity index (χ3n) is 3.84. The normalized spacial score (nSPS) is 19.7. The number of benzene rings is 1. The third kappa shape index (κ3) is 3.39. The lowest BCUT2D eigenvalue weighted by atomic mass is 10.2. The molecule has 1 aromatic rings. The monoisotopic (exact) mass is 318 g/mol. The number of nitrogens with one attached hydrogen (secondary N) is 3. The molecule has 1 aromatic carbocycles. The van der Waals surface area contributed by atoms with Crippen molar-refractivity contribution >= 4 is 29.0 Å². The highest BCUT2D eigenvalue weighted by Crippen LogP contribution is 2.36. The highest BCUT2D eigenvalue weighted by Gasteiger charge is 2.20. The highest BCUT2D eigenvalue weighted by atomic mass is 32.2. The van der Waals surface area contributed by atoms with Gasteiger partial charge in [0.05, 0.1) is 11.9 Å². The van der Waals surface area contributed by atoms with Crippen LogP contribution in [0.4, 0.5) is 11.4 Å². The zero-order valence-electron chi connectivity index (χ0n) is 12.8. The standard InChI is InChI=1S/C16H22N4OS/c1-18-6-7-20-8-10-22-15-11-12(4-5-13(15)20)19-16(17)14-3-2-9-21-14/h2,4-5,9,11,14,18H,3,6-8,10H2,1H3,(H2,17,19). The number of likely N-dealkylation sites (N-methyl/N-ethyl adjacent to an activating group) is 1. The van der Waals surface area contributed by atoms with Crippen LogP contribution in [0.15, 0.2) is 35.4 Å². The molecule has 0 amide bonds. The summed E-state index contributed by atoms with van der Waals surface area (Å²) in [5.41, 5.74) is 2.25. The number of fused-ring (bicyclic) bond motifs is 1. The summed E-state index contributed by atoms with van der Waals surface area (Å²) in [4.78, 5) is 3.70. The van der Waals surface area contributed by atoms with Gasteiger partial charge < -0.3 is 20.3 Å². The number of anilines is 2. The van der Waals surface area contributed by atoms with Gasteiger partial charge >= 0.3 is 0 Å². The molecule has 0 saturated carbocycles. The fraction of sp³-hybridized carbons (Fsp3) is 0.438. The Morgan fingerprint density at radius 1 is 1.50 bits per heavy atom. The Morgan fingerprint density at radius 3 is 3.18 bits per heavy atom. The molecular formula is C16H22N4OS. The van der Waals surface area contributed by atoms with Crippen LogP contribution in [0, 0.1) is 5.41 Å². The van der Waals surface area contributed by atoms with Gasteiger partial charge in [-0.1, -0.05) is 0 Å². The van der Waals surface area contributed by atoms with E-state index in [2.05, 4.69) is 27.7 Å². The first kappa shape index (κ1) is 15.2. The summed E-state index contributed by atoms with van der Waals surface area (Å²) in [6.45, 7) is 3.10. The summed E-state index contributed by atoms with van der Waals surface area (Å²) in [6, 6.07) is 6.34. The molecule has 6 heteroatoms. The van der Waals surface area contributed by atoms with Gasteiger partial charge in [-0.05, 0) is 31.3 Å². The molecule has 118 valence electrons. The van der Waals surface area contributed by atoms with Crippen molar-refractivity contribution in [2.75, 3.05) is 42.7 Å². The molecule has 0 saturated heterocycles. The van der Waals surface area contributed by atoms with E-state index >= 15 is 0 Å². The molecule has 0 aliphatic carbocycles. The van der Waals surface area contributed by atoms with E-state index in [4.69, 9.17) is 10.1 Å². The Bertz CT molecular complexity index is 567. The first-order valence-corrected chi connectivity index (χ1v) is 8.59. The maximum atomic E-state index is 8.09. The van der Waals surface area contributed by atoms with Crippen molar-refractivity contribution < 1.29 is 4.74 Å². The number of amidine groups is 1. The van der Waals surface area contributed by atoms with Gasteiger partial charge in [-0.3, -0.25) is 5.41 Å². The third-order valence-corrected chi connectivity index (χ3v) is 4.87. The highest BCUT2D eigenvalue weighted by molar-refractivity contribution is 7.99. The number of hydrogen-bond acceptors (Lipinski definition) is 5. The van der Waals surface area contributed by atoms with Crippen LogP contribution >= 0.6 is 11.8 Å². The molecule has 1 atom stereocenters. The molecular weight excluding hydrogens is 296 g/mol. The van der Waals surface area contributed by atoms with Crippen LogP contribution in [0.1, 0.15) is 6.42 Å². The van der Waals surface area contributed by atoms with Gasteiger partial charge in [0.25, 0.3) is 0 Å². The van der Waals surface area contributed by atoms with Gasteiger partial charge in [0.15, 0.2) is 6.10 Å². The minimum absolute atomic E-state index is 0.171. The predicted octanol–water partition coefficient (Wildman–Crippen LogP) is 2.51. The second-order valence-corrected chi connectivity index (χ2v) is 6.53. The van der Waals surface area contributed by atoms with Crippen molar-refractivity contribution in [3.63, 3.8) is 0 Å². The van der Waals surface area contributed by atoms with Gasteiger partial charge in [0.1, 0.15) is 5.84 Å². The van der Waals surface area contributed by atoms with Gasteiger partial charge in [0.2, 0.25) is 0 Å².